The highest BCUT2D eigenvalue weighted by Crippen LogP contribution is 2.21. The van der Waals surface area contributed by atoms with Crippen LogP contribution in [0, 0.1) is 18.6 Å². The van der Waals surface area contributed by atoms with Crippen molar-refractivity contribution in [3.8, 4) is 0 Å². The Hall–Kier alpha value is -1.40. The molecule has 0 aromatic carbocycles. The van der Waals surface area contributed by atoms with Crippen LogP contribution in [0.3, 0.4) is 0 Å². The maximum atomic E-state index is 5.46. The van der Waals surface area contributed by atoms with Gasteiger partial charge in [0.2, 0.25) is 0 Å². The molecule has 0 atom stereocenters. The molecular formula is C13H16N4S2. The molecular weight excluding hydrogens is 276 g/mol. The number of nitrogens with one attached hydrogen (secondary N) is 1. The molecule has 100 valence electrons. The highest BCUT2D eigenvalue weighted by molar-refractivity contribution is 7.71. The molecule has 0 radical (unpaired) electrons. The van der Waals surface area contributed by atoms with Crippen LogP contribution in [0.1, 0.15) is 23.7 Å². The van der Waals surface area contributed by atoms with Gasteiger partial charge in [0.15, 0.2) is 10.4 Å². The molecule has 4 nitrogen and oxygen atoms in total. The summed E-state index contributed by atoms with van der Waals surface area (Å²) in [5.74, 6) is 0. The Balaban J connectivity index is 2.20. The van der Waals surface area contributed by atoms with Gasteiger partial charge in [-0.05, 0) is 54.9 Å². The maximum absolute atomic E-state index is 5.46. The molecule has 0 saturated carbocycles. The Bertz CT molecular complexity index is 787. The fraction of sp³-hybridized carbons (Fsp3) is 0.385. The molecule has 0 aliphatic rings. The molecule has 0 amide bonds. The topological polar surface area (TPSA) is 38.5 Å². The highest BCUT2D eigenvalue weighted by atomic mass is 32.1. The van der Waals surface area contributed by atoms with Crippen LogP contribution in [-0.2, 0) is 13.1 Å². The van der Waals surface area contributed by atoms with Crippen LogP contribution in [0.25, 0.3) is 11.2 Å². The van der Waals surface area contributed by atoms with Crippen molar-refractivity contribution in [3.63, 3.8) is 0 Å². The molecule has 0 spiro atoms. The van der Waals surface area contributed by atoms with Crippen molar-refractivity contribution < 1.29 is 0 Å². The van der Waals surface area contributed by atoms with Crippen LogP contribution >= 0.6 is 23.6 Å². The first kappa shape index (κ1) is 12.6. The van der Waals surface area contributed by atoms with Crippen LogP contribution in [0.4, 0.5) is 0 Å². The van der Waals surface area contributed by atoms with Crippen molar-refractivity contribution in [2.75, 3.05) is 0 Å². The fourth-order valence-corrected chi connectivity index (χ4v) is 3.45. The maximum Gasteiger partial charge on any atom is 0.179 e. The summed E-state index contributed by atoms with van der Waals surface area (Å²) in [7, 11) is 0. The molecule has 1 N–H and O–H groups in total. The van der Waals surface area contributed by atoms with E-state index in [-0.39, 0.29) is 0 Å². The van der Waals surface area contributed by atoms with Crippen LogP contribution in [-0.4, -0.2) is 19.3 Å². The van der Waals surface area contributed by atoms with E-state index in [9.17, 15) is 0 Å². The molecule has 6 heteroatoms. The number of rotatable bonds is 3. The van der Waals surface area contributed by atoms with E-state index in [4.69, 9.17) is 12.2 Å². The van der Waals surface area contributed by atoms with Crippen molar-refractivity contribution in [1.29, 1.82) is 0 Å². The average Bonchev–Trinajstić information content (AvgIpc) is 3.01. The van der Waals surface area contributed by atoms with Crippen LogP contribution in [0.2, 0.25) is 0 Å². The van der Waals surface area contributed by atoms with E-state index in [1.54, 1.807) is 11.3 Å². The van der Waals surface area contributed by atoms with Crippen molar-refractivity contribution in [3.05, 3.63) is 32.4 Å². The zero-order valence-electron chi connectivity index (χ0n) is 11.2. The van der Waals surface area contributed by atoms with Crippen LogP contribution in [0.15, 0.2) is 10.8 Å². The molecule has 3 aromatic rings. The lowest BCUT2D eigenvalue weighted by Gasteiger charge is -2.06. The second-order valence-electron chi connectivity index (χ2n) is 4.70. The number of aryl methyl sites for hydroxylation is 3. The number of hydrogen-bond donors (Lipinski definition) is 1. The van der Waals surface area contributed by atoms with Gasteiger partial charge < -0.3 is 4.98 Å². The van der Waals surface area contributed by atoms with Crippen molar-refractivity contribution in [2.45, 2.75) is 33.9 Å². The van der Waals surface area contributed by atoms with Crippen molar-refractivity contribution >= 4 is 34.7 Å². The predicted molar refractivity (Wildman–Crippen MR) is 81.5 cm³/mol. The average molecular weight is 292 g/mol. The zero-order chi connectivity index (χ0) is 13.6. The number of aromatic amines is 1. The van der Waals surface area contributed by atoms with Gasteiger partial charge in [-0.25, -0.2) is 4.68 Å². The van der Waals surface area contributed by atoms with Crippen LogP contribution < -0.4 is 0 Å². The number of fused-ring (bicyclic) bond motifs is 1. The SMILES string of the molecule is CCn1nc(C)c2[nH]c(=S)n(Cc3cscc3C)c21. The summed E-state index contributed by atoms with van der Waals surface area (Å²) in [5.41, 5.74) is 5.79. The first-order chi connectivity index (χ1) is 9.11. The Labute approximate surface area is 120 Å². The Morgan fingerprint density at radius 2 is 2.16 bits per heavy atom. The molecule has 0 saturated heterocycles. The van der Waals surface area contributed by atoms with Gasteiger partial charge in [-0.2, -0.15) is 16.4 Å². The van der Waals surface area contributed by atoms with E-state index in [1.165, 1.54) is 11.1 Å². The van der Waals surface area contributed by atoms with Gasteiger partial charge in [0.1, 0.15) is 5.52 Å². The number of thiophene rings is 1. The molecule has 3 heterocycles. The molecule has 3 aromatic heterocycles. The number of hydrogen-bond acceptors (Lipinski definition) is 3. The smallest absolute Gasteiger partial charge is 0.179 e. The Morgan fingerprint density at radius 3 is 2.79 bits per heavy atom. The molecule has 19 heavy (non-hydrogen) atoms. The molecule has 0 fully saturated rings. The third-order valence-electron chi connectivity index (χ3n) is 3.42. The number of aromatic nitrogens is 4. The molecule has 0 aliphatic carbocycles. The lowest BCUT2D eigenvalue weighted by Crippen LogP contribution is -2.06. The summed E-state index contributed by atoms with van der Waals surface area (Å²) in [5, 5.41) is 8.90. The largest absolute Gasteiger partial charge is 0.328 e. The molecule has 0 unspecified atom stereocenters. The summed E-state index contributed by atoms with van der Waals surface area (Å²) in [6, 6.07) is 0. The van der Waals surface area contributed by atoms with E-state index in [1.807, 2.05) is 11.6 Å². The van der Waals surface area contributed by atoms with Gasteiger partial charge in [-0.1, -0.05) is 0 Å². The molecule has 0 aliphatic heterocycles. The second kappa shape index (κ2) is 4.61. The van der Waals surface area contributed by atoms with Crippen molar-refractivity contribution in [1.82, 2.24) is 19.3 Å². The van der Waals surface area contributed by atoms with E-state index in [0.717, 1.165) is 34.7 Å². The standard InChI is InChI=1S/C13H16N4S2/c1-4-17-12-11(9(3)15-17)14-13(18)16(12)5-10-7-19-6-8(10)2/h6-7H,4-5H2,1-3H3,(H,14,18). The number of imidazole rings is 1. The Kier molecular flexibility index (Phi) is 3.06. The fourth-order valence-electron chi connectivity index (χ4n) is 2.35. The second-order valence-corrected chi connectivity index (χ2v) is 5.83. The first-order valence-corrected chi connectivity index (χ1v) is 7.64. The molecule has 0 bridgehead atoms. The summed E-state index contributed by atoms with van der Waals surface area (Å²) >= 11 is 7.19. The minimum atomic E-state index is 0.767. The minimum absolute atomic E-state index is 0.767. The van der Waals surface area contributed by atoms with Gasteiger partial charge >= 0.3 is 0 Å². The number of nitrogens with zero attached hydrogens (tertiary/aromatic N) is 3. The first-order valence-electron chi connectivity index (χ1n) is 6.29. The summed E-state index contributed by atoms with van der Waals surface area (Å²) in [6.07, 6.45) is 0. The monoisotopic (exact) mass is 292 g/mol. The summed E-state index contributed by atoms with van der Waals surface area (Å²) in [6.45, 7) is 7.91. The van der Waals surface area contributed by atoms with E-state index in [0.29, 0.717) is 0 Å². The highest BCUT2D eigenvalue weighted by Gasteiger charge is 2.14. The van der Waals surface area contributed by atoms with Gasteiger partial charge in [-0.15, -0.1) is 0 Å². The number of H-pyrrole nitrogens is 1. The summed E-state index contributed by atoms with van der Waals surface area (Å²) in [4.78, 5) is 3.28. The van der Waals surface area contributed by atoms with E-state index >= 15 is 0 Å². The van der Waals surface area contributed by atoms with Crippen molar-refractivity contribution in [2.24, 2.45) is 0 Å². The quantitative estimate of drug-likeness (QED) is 0.748. The molecule has 3 rings (SSSR count). The minimum Gasteiger partial charge on any atom is -0.328 e. The van der Waals surface area contributed by atoms with Gasteiger partial charge in [0, 0.05) is 6.54 Å². The Morgan fingerprint density at radius 1 is 1.37 bits per heavy atom. The van der Waals surface area contributed by atoms with Gasteiger partial charge in [0.05, 0.1) is 12.2 Å². The van der Waals surface area contributed by atoms with Gasteiger partial charge in [0.25, 0.3) is 0 Å². The van der Waals surface area contributed by atoms with E-state index in [2.05, 4.69) is 39.3 Å². The zero-order valence-corrected chi connectivity index (χ0v) is 12.9. The normalized spacial score (nSPS) is 11.5. The predicted octanol–water partition coefficient (Wildman–Crippen LogP) is 3.64. The summed E-state index contributed by atoms with van der Waals surface area (Å²) < 4.78 is 4.92. The van der Waals surface area contributed by atoms with E-state index < -0.39 is 0 Å². The van der Waals surface area contributed by atoms with Gasteiger partial charge in [-0.3, -0.25) is 4.57 Å². The lowest BCUT2D eigenvalue weighted by molar-refractivity contribution is 0.643. The van der Waals surface area contributed by atoms with Crippen LogP contribution in [0.5, 0.6) is 0 Å². The lowest BCUT2D eigenvalue weighted by atomic mass is 10.2. The third-order valence-corrected chi connectivity index (χ3v) is 4.66. The third kappa shape index (κ3) is 1.95.